The first-order valence-corrected chi connectivity index (χ1v) is 11.7. The van der Waals surface area contributed by atoms with Gasteiger partial charge in [0.05, 0.1) is 42.0 Å². The molecular formula is C22H24N6O4S. The van der Waals surface area contributed by atoms with Gasteiger partial charge in [-0.25, -0.2) is 9.31 Å². The zero-order valence-electron chi connectivity index (χ0n) is 18.2. The number of pyridine rings is 1. The van der Waals surface area contributed by atoms with Gasteiger partial charge in [-0.15, -0.1) is 11.8 Å². The van der Waals surface area contributed by atoms with Crippen molar-refractivity contribution >= 4 is 29.3 Å². The number of amides is 1. The normalized spacial score (nSPS) is 14.4. The molecule has 1 aliphatic rings. The zero-order valence-corrected chi connectivity index (χ0v) is 19.0. The smallest absolute Gasteiger partial charge is 0.407 e. The first-order valence-electron chi connectivity index (χ1n) is 10.7. The minimum absolute atomic E-state index is 0.145. The number of nitrogens with zero attached hydrogens (tertiary/aromatic N) is 6. The number of fused-ring (bicyclic) bond motifs is 1. The number of ether oxygens (including phenoxy) is 1. The summed E-state index contributed by atoms with van der Waals surface area (Å²) >= 11 is 1.48. The molecule has 3 aromatic rings. The van der Waals surface area contributed by atoms with E-state index in [1.807, 2.05) is 29.2 Å². The molecule has 0 radical (unpaired) electrons. The molecule has 1 saturated heterocycles. The summed E-state index contributed by atoms with van der Waals surface area (Å²) in [7, 11) is 0. The van der Waals surface area contributed by atoms with Crippen molar-refractivity contribution in [3.8, 4) is 17.3 Å². The number of hydrogen-bond donors (Lipinski definition) is 1. The highest BCUT2D eigenvalue weighted by Crippen LogP contribution is 2.32. The van der Waals surface area contributed by atoms with Gasteiger partial charge in [0, 0.05) is 41.7 Å². The molecule has 1 aliphatic heterocycles. The number of piperidine rings is 1. The highest BCUT2D eigenvalue weighted by Gasteiger charge is 2.24. The van der Waals surface area contributed by atoms with Gasteiger partial charge < -0.3 is 14.7 Å². The fraction of sp³-hybridized carbons (Fsp3) is 0.409. The van der Waals surface area contributed by atoms with E-state index < -0.39 is 6.09 Å². The van der Waals surface area contributed by atoms with Crippen LogP contribution < -0.4 is 0 Å². The molecule has 172 valence electrons. The second-order valence-electron chi connectivity index (χ2n) is 7.64. The monoisotopic (exact) mass is 468 g/mol. The Morgan fingerprint density at radius 3 is 2.85 bits per heavy atom. The minimum atomic E-state index is -0.883. The molecule has 33 heavy (non-hydrogen) atoms. The fourth-order valence-electron chi connectivity index (χ4n) is 3.91. The summed E-state index contributed by atoms with van der Waals surface area (Å²) in [6.45, 7) is 3.11. The summed E-state index contributed by atoms with van der Waals surface area (Å²) in [6.07, 6.45) is 6.10. The summed E-state index contributed by atoms with van der Waals surface area (Å²) in [5.74, 6) is 0.267. The lowest BCUT2D eigenvalue weighted by Crippen LogP contribution is -2.38. The third-order valence-corrected chi connectivity index (χ3v) is 6.61. The molecule has 0 unspecified atom stereocenters. The summed E-state index contributed by atoms with van der Waals surface area (Å²) in [5.41, 5.74) is 2.78. The van der Waals surface area contributed by atoms with Crippen molar-refractivity contribution in [1.29, 1.82) is 5.26 Å². The average molecular weight is 469 g/mol. The lowest BCUT2D eigenvalue weighted by atomic mass is 10.1. The number of carbonyl (C=O) groups excluding carboxylic acids is 1. The molecule has 4 rings (SSSR count). The van der Waals surface area contributed by atoms with Crippen LogP contribution in [-0.4, -0.2) is 66.9 Å². The summed E-state index contributed by atoms with van der Waals surface area (Å²) in [5, 5.41) is 27.7. The van der Waals surface area contributed by atoms with Gasteiger partial charge in [0.25, 0.3) is 0 Å². The molecule has 1 fully saturated rings. The van der Waals surface area contributed by atoms with Gasteiger partial charge in [0.15, 0.2) is 0 Å². The molecule has 10 nitrogen and oxygen atoms in total. The van der Waals surface area contributed by atoms with Crippen LogP contribution in [0.25, 0.3) is 16.8 Å². The van der Waals surface area contributed by atoms with Crippen molar-refractivity contribution in [2.45, 2.75) is 37.1 Å². The number of rotatable bonds is 7. The van der Waals surface area contributed by atoms with Gasteiger partial charge in [-0.05, 0) is 31.9 Å². The van der Waals surface area contributed by atoms with Crippen LogP contribution in [-0.2, 0) is 9.53 Å². The van der Waals surface area contributed by atoms with Gasteiger partial charge in [-0.2, -0.15) is 15.5 Å². The van der Waals surface area contributed by atoms with Crippen LogP contribution in [0.1, 0.15) is 37.8 Å². The first kappa shape index (κ1) is 22.7. The number of esters is 1. The second-order valence-corrected chi connectivity index (χ2v) is 8.78. The summed E-state index contributed by atoms with van der Waals surface area (Å²) < 4.78 is 8.57. The van der Waals surface area contributed by atoms with Crippen molar-refractivity contribution in [1.82, 2.24) is 24.3 Å². The maximum atomic E-state index is 11.7. The van der Waals surface area contributed by atoms with Crippen molar-refractivity contribution in [2.75, 3.05) is 25.4 Å². The van der Waals surface area contributed by atoms with E-state index in [1.165, 1.54) is 22.9 Å². The van der Waals surface area contributed by atoms with E-state index >= 15 is 0 Å². The number of thioether (sulfide) groups is 1. The molecule has 4 heterocycles. The number of nitriles is 1. The van der Waals surface area contributed by atoms with E-state index in [0.717, 1.165) is 16.2 Å². The molecule has 0 aromatic carbocycles. The molecule has 0 spiro atoms. The van der Waals surface area contributed by atoms with E-state index in [0.29, 0.717) is 49.4 Å². The van der Waals surface area contributed by atoms with Crippen molar-refractivity contribution in [3.05, 3.63) is 36.3 Å². The van der Waals surface area contributed by atoms with Gasteiger partial charge >= 0.3 is 12.1 Å². The van der Waals surface area contributed by atoms with Crippen LogP contribution in [0, 0.1) is 11.3 Å². The minimum Gasteiger partial charge on any atom is -0.466 e. The number of hydrogen-bond acceptors (Lipinski definition) is 7. The maximum Gasteiger partial charge on any atom is 0.407 e. The SMILES string of the molecule is CCOC(=O)CCSc1cc(-c2ccn(C3CCN(C(=O)O)CC3)n2)cn2ncc(C#N)c12. The molecule has 1 N–H and O–H groups in total. The number of carboxylic acid groups (broad SMARTS) is 1. The highest BCUT2D eigenvalue weighted by molar-refractivity contribution is 7.99. The Hall–Kier alpha value is -3.52. The van der Waals surface area contributed by atoms with Crippen LogP contribution in [0.4, 0.5) is 4.79 Å². The molecule has 0 atom stereocenters. The van der Waals surface area contributed by atoms with Gasteiger partial charge in [-0.3, -0.25) is 9.48 Å². The number of likely N-dealkylation sites (tertiary alicyclic amines) is 1. The second kappa shape index (κ2) is 9.95. The van der Waals surface area contributed by atoms with E-state index in [9.17, 15) is 14.9 Å². The van der Waals surface area contributed by atoms with Crippen LogP contribution in [0.2, 0.25) is 0 Å². The Labute approximate surface area is 194 Å². The molecule has 0 saturated carbocycles. The maximum absolute atomic E-state index is 11.7. The predicted octanol–water partition coefficient (Wildman–Crippen LogP) is 3.43. The van der Waals surface area contributed by atoms with Crippen molar-refractivity contribution < 1.29 is 19.4 Å². The quantitative estimate of drug-likeness (QED) is 0.413. The number of aromatic nitrogens is 4. The molecule has 11 heteroatoms. The third kappa shape index (κ3) is 4.96. The Morgan fingerprint density at radius 1 is 1.36 bits per heavy atom. The van der Waals surface area contributed by atoms with Gasteiger partial charge in [0.2, 0.25) is 0 Å². The first-order chi connectivity index (χ1) is 16.0. The molecule has 0 bridgehead atoms. The molecule has 1 amide bonds. The molecular weight excluding hydrogens is 444 g/mol. The van der Waals surface area contributed by atoms with E-state index in [1.54, 1.807) is 11.4 Å². The van der Waals surface area contributed by atoms with Gasteiger partial charge in [0.1, 0.15) is 6.07 Å². The predicted molar refractivity (Wildman–Crippen MR) is 121 cm³/mol. The number of carbonyl (C=O) groups is 2. The summed E-state index contributed by atoms with van der Waals surface area (Å²) in [4.78, 5) is 25.1. The standard InChI is InChI=1S/C22H24N6O4S/c1-2-32-20(29)6-10-33-19-11-15(14-28-21(19)16(12-23)13-24-28)18-5-9-27(25-18)17-3-7-26(8-4-17)22(30)31/h5,9,11,13-14,17H,2-4,6-8,10H2,1H3,(H,30,31). The topological polar surface area (TPSA) is 126 Å². The lowest BCUT2D eigenvalue weighted by Gasteiger charge is -2.30. The van der Waals surface area contributed by atoms with Crippen molar-refractivity contribution in [2.24, 2.45) is 0 Å². The Kier molecular flexibility index (Phi) is 6.84. The van der Waals surface area contributed by atoms with Crippen molar-refractivity contribution in [3.63, 3.8) is 0 Å². The third-order valence-electron chi connectivity index (χ3n) is 5.58. The molecule has 0 aliphatic carbocycles. The fourth-order valence-corrected chi connectivity index (χ4v) is 4.95. The van der Waals surface area contributed by atoms with Crippen LogP contribution in [0.3, 0.4) is 0 Å². The Morgan fingerprint density at radius 2 is 2.15 bits per heavy atom. The highest BCUT2D eigenvalue weighted by atomic mass is 32.2. The Balaban J connectivity index is 1.56. The Bertz CT molecular complexity index is 1210. The van der Waals surface area contributed by atoms with E-state index in [-0.39, 0.29) is 18.4 Å². The van der Waals surface area contributed by atoms with E-state index in [4.69, 9.17) is 14.9 Å². The zero-order chi connectivity index (χ0) is 23.4. The largest absolute Gasteiger partial charge is 0.466 e. The van der Waals surface area contributed by atoms with E-state index in [2.05, 4.69) is 11.2 Å². The molecule has 3 aromatic heterocycles. The van der Waals surface area contributed by atoms with Crippen LogP contribution in [0.15, 0.2) is 35.6 Å². The average Bonchev–Trinajstić information content (AvgIpc) is 3.46. The van der Waals surface area contributed by atoms with Crippen LogP contribution >= 0.6 is 11.8 Å². The van der Waals surface area contributed by atoms with Gasteiger partial charge in [-0.1, -0.05) is 0 Å². The van der Waals surface area contributed by atoms with Crippen LogP contribution in [0.5, 0.6) is 0 Å². The lowest BCUT2D eigenvalue weighted by molar-refractivity contribution is -0.142. The summed E-state index contributed by atoms with van der Waals surface area (Å²) in [6, 6.07) is 6.21.